The maximum Gasteiger partial charge on any atom is 0.231 e. The number of benzene rings is 3. The van der Waals surface area contributed by atoms with Crippen molar-refractivity contribution in [2.45, 2.75) is 13.1 Å². The minimum atomic E-state index is 0.310. The van der Waals surface area contributed by atoms with Gasteiger partial charge in [-0.25, -0.2) is 0 Å². The first-order chi connectivity index (χ1) is 14.7. The molecule has 5 rings (SSSR count). The second-order valence-electron chi connectivity index (χ2n) is 7.89. The molecule has 2 heterocycles. The minimum absolute atomic E-state index is 0.310. The van der Waals surface area contributed by atoms with Gasteiger partial charge in [-0.3, -0.25) is 9.80 Å². The first-order valence-corrected chi connectivity index (χ1v) is 10.3. The fourth-order valence-corrected chi connectivity index (χ4v) is 4.27. The summed E-state index contributed by atoms with van der Waals surface area (Å²) in [7, 11) is 1.67. The van der Waals surface area contributed by atoms with E-state index in [0.29, 0.717) is 12.5 Å². The third kappa shape index (κ3) is 3.76. The van der Waals surface area contributed by atoms with E-state index in [9.17, 15) is 5.11 Å². The maximum atomic E-state index is 10.5. The molecule has 0 amide bonds. The van der Waals surface area contributed by atoms with E-state index in [0.717, 1.165) is 72.9 Å². The summed E-state index contributed by atoms with van der Waals surface area (Å²) in [5.41, 5.74) is 2.21. The number of rotatable bonds is 5. The second-order valence-corrected chi connectivity index (χ2v) is 7.89. The first-order valence-electron chi connectivity index (χ1n) is 10.3. The summed E-state index contributed by atoms with van der Waals surface area (Å²) in [5.74, 6) is 2.82. The first kappa shape index (κ1) is 19.0. The molecule has 3 aromatic rings. The number of hydrogen-bond acceptors (Lipinski definition) is 6. The Morgan fingerprint density at radius 2 is 1.60 bits per heavy atom. The van der Waals surface area contributed by atoms with Gasteiger partial charge in [0.2, 0.25) is 6.79 Å². The molecule has 1 N–H and O–H groups in total. The summed E-state index contributed by atoms with van der Waals surface area (Å²) in [4.78, 5) is 4.87. The van der Waals surface area contributed by atoms with Crippen molar-refractivity contribution in [2.75, 3.05) is 40.1 Å². The molecule has 0 aliphatic carbocycles. The van der Waals surface area contributed by atoms with Crippen molar-refractivity contribution in [3.63, 3.8) is 0 Å². The van der Waals surface area contributed by atoms with E-state index < -0.39 is 0 Å². The van der Waals surface area contributed by atoms with Gasteiger partial charge in [-0.1, -0.05) is 18.2 Å². The van der Waals surface area contributed by atoms with Gasteiger partial charge in [0.25, 0.3) is 0 Å². The molecule has 2 aliphatic rings. The van der Waals surface area contributed by atoms with E-state index in [-0.39, 0.29) is 0 Å². The summed E-state index contributed by atoms with van der Waals surface area (Å²) in [6, 6.07) is 15.9. The normalized spacial score (nSPS) is 16.8. The van der Waals surface area contributed by atoms with Gasteiger partial charge in [-0.05, 0) is 46.7 Å². The smallest absolute Gasteiger partial charge is 0.231 e. The van der Waals surface area contributed by atoms with E-state index in [1.165, 1.54) is 5.56 Å². The van der Waals surface area contributed by atoms with Gasteiger partial charge in [0.1, 0.15) is 11.5 Å². The number of fused-ring (bicyclic) bond motifs is 2. The zero-order valence-electron chi connectivity index (χ0n) is 17.1. The molecule has 2 aliphatic heterocycles. The van der Waals surface area contributed by atoms with Crippen molar-refractivity contribution < 1.29 is 19.3 Å². The van der Waals surface area contributed by atoms with Gasteiger partial charge in [0, 0.05) is 44.8 Å². The highest BCUT2D eigenvalue weighted by Crippen LogP contribution is 2.33. The van der Waals surface area contributed by atoms with Crippen LogP contribution in [0.5, 0.6) is 23.0 Å². The van der Waals surface area contributed by atoms with Crippen LogP contribution in [-0.2, 0) is 13.1 Å². The monoisotopic (exact) mass is 406 g/mol. The van der Waals surface area contributed by atoms with Gasteiger partial charge in [-0.2, -0.15) is 0 Å². The maximum absolute atomic E-state index is 10.5. The van der Waals surface area contributed by atoms with Crippen LogP contribution >= 0.6 is 0 Å². The Hall–Kier alpha value is -2.96. The molecule has 1 saturated heterocycles. The van der Waals surface area contributed by atoms with Crippen molar-refractivity contribution >= 4 is 10.8 Å². The lowest BCUT2D eigenvalue weighted by Crippen LogP contribution is -2.45. The Bertz CT molecular complexity index is 1060. The van der Waals surface area contributed by atoms with Crippen LogP contribution in [0.3, 0.4) is 0 Å². The molecule has 0 bridgehead atoms. The van der Waals surface area contributed by atoms with Gasteiger partial charge >= 0.3 is 0 Å². The number of piperazine rings is 1. The molecule has 0 aromatic heterocycles. The van der Waals surface area contributed by atoms with Crippen LogP contribution < -0.4 is 14.2 Å². The molecule has 156 valence electrons. The Morgan fingerprint density at radius 1 is 0.867 bits per heavy atom. The molecule has 0 saturated carbocycles. The van der Waals surface area contributed by atoms with Crippen LogP contribution in [0.15, 0.2) is 48.5 Å². The lowest BCUT2D eigenvalue weighted by Gasteiger charge is -2.35. The van der Waals surface area contributed by atoms with Crippen LogP contribution in [0.1, 0.15) is 11.1 Å². The predicted molar refractivity (Wildman–Crippen MR) is 115 cm³/mol. The third-order valence-electron chi connectivity index (χ3n) is 6.01. The number of methoxy groups -OCH3 is 1. The van der Waals surface area contributed by atoms with Crippen LogP contribution in [0.2, 0.25) is 0 Å². The van der Waals surface area contributed by atoms with Crippen molar-refractivity contribution in [2.24, 2.45) is 0 Å². The highest BCUT2D eigenvalue weighted by Gasteiger charge is 2.20. The van der Waals surface area contributed by atoms with E-state index in [1.807, 2.05) is 30.3 Å². The molecule has 6 nitrogen and oxygen atoms in total. The minimum Gasteiger partial charge on any atom is -0.508 e. The Labute approximate surface area is 176 Å². The summed E-state index contributed by atoms with van der Waals surface area (Å²) in [6.45, 7) is 5.85. The number of ether oxygens (including phenoxy) is 3. The van der Waals surface area contributed by atoms with Gasteiger partial charge in [0.15, 0.2) is 11.5 Å². The topological polar surface area (TPSA) is 54.4 Å². The number of phenolic OH excluding ortho intramolecular Hbond substituents is 1. The molecule has 0 spiro atoms. The summed E-state index contributed by atoms with van der Waals surface area (Å²) < 4.78 is 16.3. The zero-order chi connectivity index (χ0) is 20.5. The lowest BCUT2D eigenvalue weighted by atomic mass is 10.0. The Morgan fingerprint density at radius 3 is 2.40 bits per heavy atom. The highest BCUT2D eigenvalue weighted by molar-refractivity contribution is 5.89. The molecule has 0 atom stereocenters. The number of hydrogen-bond donors (Lipinski definition) is 1. The standard InChI is InChI=1S/C24H26N2O4/c1-28-19-5-3-18-4-6-22(27)21(20(18)13-19)15-26-10-8-25(9-11-26)14-17-2-7-23-24(12-17)30-16-29-23/h2-7,12-13,27H,8-11,14-16H2,1H3. The molecule has 6 heteroatoms. The molecule has 0 radical (unpaired) electrons. The molecule has 30 heavy (non-hydrogen) atoms. The van der Waals surface area contributed by atoms with Crippen molar-refractivity contribution in [3.8, 4) is 23.0 Å². The molecule has 1 fully saturated rings. The zero-order valence-corrected chi connectivity index (χ0v) is 17.1. The van der Waals surface area contributed by atoms with Crippen LogP contribution in [-0.4, -0.2) is 55.0 Å². The lowest BCUT2D eigenvalue weighted by molar-refractivity contribution is 0.121. The van der Waals surface area contributed by atoms with E-state index in [2.05, 4.69) is 21.9 Å². The van der Waals surface area contributed by atoms with Gasteiger partial charge in [-0.15, -0.1) is 0 Å². The quantitative estimate of drug-likeness (QED) is 0.699. The van der Waals surface area contributed by atoms with Crippen molar-refractivity contribution in [1.82, 2.24) is 9.80 Å². The largest absolute Gasteiger partial charge is 0.508 e. The van der Waals surface area contributed by atoms with Crippen LogP contribution in [0, 0.1) is 0 Å². The number of phenols is 1. The number of aromatic hydroxyl groups is 1. The summed E-state index contributed by atoms with van der Waals surface area (Å²) in [6.07, 6.45) is 0. The SMILES string of the molecule is COc1ccc2ccc(O)c(CN3CCN(Cc4ccc5c(c4)OCO5)CC3)c2c1. The molecular formula is C24H26N2O4. The fraction of sp³-hybridized carbons (Fsp3) is 0.333. The summed E-state index contributed by atoms with van der Waals surface area (Å²) in [5, 5.41) is 12.7. The van der Waals surface area contributed by atoms with E-state index in [1.54, 1.807) is 13.2 Å². The second kappa shape index (κ2) is 8.05. The van der Waals surface area contributed by atoms with Crippen molar-refractivity contribution in [1.29, 1.82) is 0 Å². The molecular weight excluding hydrogens is 380 g/mol. The third-order valence-corrected chi connectivity index (χ3v) is 6.01. The average molecular weight is 406 g/mol. The van der Waals surface area contributed by atoms with E-state index in [4.69, 9.17) is 14.2 Å². The predicted octanol–water partition coefficient (Wildman–Crippen LogP) is 3.60. The van der Waals surface area contributed by atoms with E-state index >= 15 is 0 Å². The highest BCUT2D eigenvalue weighted by atomic mass is 16.7. The van der Waals surface area contributed by atoms with Crippen LogP contribution in [0.4, 0.5) is 0 Å². The molecule has 0 unspecified atom stereocenters. The molecule has 3 aromatic carbocycles. The van der Waals surface area contributed by atoms with Gasteiger partial charge in [0.05, 0.1) is 7.11 Å². The Balaban J connectivity index is 1.25. The Kier molecular flexibility index (Phi) is 5.11. The summed E-state index contributed by atoms with van der Waals surface area (Å²) >= 11 is 0. The van der Waals surface area contributed by atoms with Gasteiger partial charge < -0.3 is 19.3 Å². The average Bonchev–Trinajstić information content (AvgIpc) is 3.24. The fourth-order valence-electron chi connectivity index (χ4n) is 4.27. The van der Waals surface area contributed by atoms with Crippen LogP contribution in [0.25, 0.3) is 10.8 Å². The van der Waals surface area contributed by atoms with Crippen molar-refractivity contribution in [3.05, 3.63) is 59.7 Å². The number of nitrogens with zero attached hydrogens (tertiary/aromatic N) is 2.